The van der Waals surface area contributed by atoms with Crippen LogP contribution in [0.25, 0.3) is 9.34 Å². The van der Waals surface area contributed by atoms with Crippen molar-refractivity contribution in [1.82, 2.24) is 0 Å². The Labute approximate surface area is 173 Å². The average molecular weight is 491 g/mol. The summed E-state index contributed by atoms with van der Waals surface area (Å²) >= 11 is 2.10. The van der Waals surface area contributed by atoms with Gasteiger partial charge in [-0.25, -0.2) is 4.99 Å². The lowest BCUT2D eigenvalue weighted by Crippen LogP contribution is -2.13. The van der Waals surface area contributed by atoms with E-state index in [1.807, 2.05) is 60.7 Å². The molecule has 2 nitrogen and oxygen atoms in total. The van der Waals surface area contributed by atoms with Gasteiger partial charge in [-0.15, -0.1) is 0 Å². The highest BCUT2D eigenvalue weighted by molar-refractivity contribution is 14.1. The van der Waals surface area contributed by atoms with E-state index in [1.54, 1.807) is 0 Å². The molecular formula is C22H13F3INO. The fourth-order valence-electron chi connectivity index (χ4n) is 2.86. The molecule has 0 aromatic heterocycles. The van der Waals surface area contributed by atoms with Crippen molar-refractivity contribution in [2.24, 2.45) is 4.99 Å². The number of nitrogens with zero attached hydrogens (tertiary/aromatic N) is 1. The summed E-state index contributed by atoms with van der Waals surface area (Å²) < 4.78 is 46.5. The minimum absolute atomic E-state index is 0.322. The molecule has 1 aliphatic rings. The second kappa shape index (κ2) is 7.43. The lowest BCUT2D eigenvalue weighted by Gasteiger charge is -2.22. The van der Waals surface area contributed by atoms with Gasteiger partial charge in [0.1, 0.15) is 0 Å². The molecule has 6 heteroatoms. The molecule has 0 saturated carbocycles. The molecular weight excluding hydrogens is 478 g/mol. The molecule has 0 bridgehead atoms. The molecule has 0 amide bonds. The van der Waals surface area contributed by atoms with Crippen LogP contribution in [-0.2, 0) is 10.9 Å². The Morgan fingerprint density at radius 2 is 1.50 bits per heavy atom. The highest BCUT2D eigenvalue weighted by Crippen LogP contribution is 2.43. The van der Waals surface area contributed by atoms with Crippen LogP contribution in [0, 0.1) is 0 Å². The number of hydrogen-bond donors (Lipinski definition) is 0. The van der Waals surface area contributed by atoms with Crippen molar-refractivity contribution in [2.75, 3.05) is 0 Å². The molecule has 0 aliphatic carbocycles. The molecule has 140 valence electrons. The van der Waals surface area contributed by atoms with Crippen LogP contribution in [0.15, 0.2) is 83.9 Å². The second-order valence-electron chi connectivity index (χ2n) is 6.12. The van der Waals surface area contributed by atoms with Crippen molar-refractivity contribution >= 4 is 43.5 Å². The molecule has 0 radical (unpaired) electrons. The number of ether oxygens (including phenoxy) is 1. The molecule has 0 unspecified atom stereocenters. The van der Waals surface area contributed by atoms with Gasteiger partial charge in [-0.2, -0.15) is 13.2 Å². The molecule has 0 saturated heterocycles. The third-order valence-corrected chi connectivity index (χ3v) is 5.35. The quantitative estimate of drug-likeness (QED) is 0.352. The highest BCUT2D eigenvalue weighted by Gasteiger charge is 2.33. The first-order valence-corrected chi connectivity index (χ1v) is 9.50. The van der Waals surface area contributed by atoms with Crippen LogP contribution in [0.1, 0.15) is 22.3 Å². The molecule has 4 rings (SSSR count). The number of hydrogen-bond acceptors (Lipinski definition) is 2. The average Bonchev–Trinajstić information content (AvgIpc) is 2.72. The number of benzene rings is 3. The SMILES string of the molecule is FC(F)(F)c1ccc2c(c1)/C(=C(/I)c1ccccc1)OC(c1ccccc1)=N2. The molecule has 1 aliphatic heterocycles. The number of rotatable bonds is 2. The van der Waals surface area contributed by atoms with Crippen molar-refractivity contribution < 1.29 is 17.9 Å². The molecule has 0 atom stereocenters. The first-order chi connectivity index (χ1) is 13.4. The molecule has 0 N–H and O–H groups in total. The van der Waals surface area contributed by atoms with Crippen LogP contribution in [-0.4, -0.2) is 5.90 Å². The summed E-state index contributed by atoms with van der Waals surface area (Å²) in [7, 11) is 0. The zero-order valence-corrected chi connectivity index (χ0v) is 16.5. The van der Waals surface area contributed by atoms with Gasteiger partial charge in [-0.05, 0) is 58.5 Å². The van der Waals surface area contributed by atoms with E-state index in [4.69, 9.17) is 4.74 Å². The van der Waals surface area contributed by atoms with Gasteiger partial charge in [-0.3, -0.25) is 0 Å². The minimum Gasteiger partial charge on any atom is -0.437 e. The second-order valence-corrected chi connectivity index (χ2v) is 7.20. The summed E-state index contributed by atoms with van der Waals surface area (Å²) in [5, 5.41) is 0. The summed E-state index contributed by atoms with van der Waals surface area (Å²) in [5.41, 5.74) is 1.64. The van der Waals surface area contributed by atoms with Gasteiger partial charge in [0.25, 0.3) is 0 Å². The number of aliphatic imine (C=N–C) groups is 1. The Bertz CT molecular complexity index is 1070. The maximum absolute atomic E-state index is 13.3. The Morgan fingerprint density at radius 3 is 2.14 bits per heavy atom. The van der Waals surface area contributed by atoms with Gasteiger partial charge in [0, 0.05) is 11.1 Å². The largest absolute Gasteiger partial charge is 0.437 e. The molecule has 3 aromatic carbocycles. The number of alkyl halides is 3. The van der Waals surface area contributed by atoms with Crippen molar-refractivity contribution in [3.05, 3.63) is 101 Å². The first-order valence-electron chi connectivity index (χ1n) is 8.42. The van der Waals surface area contributed by atoms with Gasteiger partial charge in [0.05, 0.1) is 14.8 Å². The van der Waals surface area contributed by atoms with Gasteiger partial charge >= 0.3 is 6.18 Å². The van der Waals surface area contributed by atoms with E-state index in [1.165, 1.54) is 6.07 Å². The minimum atomic E-state index is -4.44. The summed E-state index contributed by atoms with van der Waals surface area (Å²) in [5.74, 6) is 0.717. The van der Waals surface area contributed by atoms with Crippen LogP contribution in [0.5, 0.6) is 0 Å². The van der Waals surface area contributed by atoms with Gasteiger partial charge in [0.2, 0.25) is 5.90 Å². The van der Waals surface area contributed by atoms with Crippen LogP contribution < -0.4 is 0 Å². The third kappa shape index (κ3) is 3.69. The van der Waals surface area contributed by atoms with Crippen molar-refractivity contribution in [2.45, 2.75) is 6.18 Å². The Hall–Kier alpha value is -2.61. The lowest BCUT2D eigenvalue weighted by molar-refractivity contribution is -0.137. The summed E-state index contributed by atoms with van der Waals surface area (Å²) in [4.78, 5) is 4.45. The van der Waals surface area contributed by atoms with E-state index >= 15 is 0 Å². The van der Waals surface area contributed by atoms with Gasteiger partial charge in [0.15, 0.2) is 5.76 Å². The number of fused-ring (bicyclic) bond motifs is 1. The Morgan fingerprint density at radius 1 is 0.857 bits per heavy atom. The molecule has 0 spiro atoms. The van der Waals surface area contributed by atoms with E-state index in [0.717, 1.165) is 23.3 Å². The molecule has 0 fully saturated rings. The smallest absolute Gasteiger partial charge is 0.416 e. The van der Waals surface area contributed by atoms with Gasteiger partial charge < -0.3 is 4.74 Å². The van der Waals surface area contributed by atoms with Crippen LogP contribution in [0.4, 0.5) is 18.9 Å². The fourth-order valence-corrected chi connectivity index (χ4v) is 3.62. The van der Waals surface area contributed by atoms with E-state index in [9.17, 15) is 13.2 Å². The summed E-state index contributed by atoms with van der Waals surface area (Å²) in [6.45, 7) is 0. The van der Waals surface area contributed by atoms with E-state index < -0.39 is 11.7 Å². The maximum Gasteiger partial charge on any atom is 0.416 e. The van der Waals surface area contributed by atoms with Crippen LogP contribution in [0.3, 0.4) is 0 Å². The van der Waals surface area contributed by atoms with Crippen molar-refractivity contribution in [3.8, 4) is 0 Å². The zero-order chi connectivity index (χ0) is 19.7. The molecule has 1 heterocycles. The Kier molecular flexibility index (Phi) is 4.97. The predicted octanol–water partition coefficient (Wildman–Crippen LogP) is 7.07. The van der Waals surface area contributed by atoms with Crippen LogP contribution in [0.2, 0.25) is 0 Å². The lowest BCUT2D eigenvalue weighted by atomic mass is 10.0. The Balaban J connectivity index is 1.93. The standard InChI is InChI=1S/C22H13F3INO/c23-22(24,25)16-11-12-18-17(13-16)20(19(26)14-7-3-1-4-8-14)28-21(27-18)15-9-5-2-6-10-15/h1-13H/b20-19-. The molecule has 3 aromatic rings. The number of halogens is 4. The fraction of sp³-hybridized carbons (Fsp3) is 0.0455. The normalized spacial score (nSPS) is 15.4. The van der Waals surface area contributed by atoms with E-state index in [2.05, 4.69) is 27.6 Å². The summed E-state index contributed by atoms with van der Waals surface area (Å²) in [6, 6.07) is 22.2. The topological polar surface area (TPSA) is 21.6 Å². The van der Waals surface area contributed by atoms with E-state index in [0.29, 0.717) is 26.5 Å². The molecule has 28 heavy (non-hydrogen) atoms. The van der Waals surface area contributed by atoms with Crippen molar-refractivity contribution in [1.29, 1.82) is 0 Å². The van der Waals surface area contributed by atoms with Crippen molar-refractivity contribution in [3.63, 3.8) is 0 Å². The van der Waals surface area contributed by atoms with Crippen LogP contribution >= 0.6 is 22.6 Å². The first kappa shape index (κ1) is 18.7. The monoisotopic (exact) mass is 491 g/mol. The zero-order valence-electron chi connectivity index (χ0n) is 14.4. The third-order valence-electron chi connectivity index (χ3n) is 4.24. The predicted molar refractivity (Wildman–Crippen MR) is 112 cm³/mol. The summed E-state index contributed by atoms with van der Waals surface area (Å²) in [6.07, 6.45) is -4.44. The van der Waals surface area contributed by atoms with E-state index in [-0.39, 0.29) is 0 Å². The van der Waals surface area contributed by atoms with Gasteiger partial charge in [-0.1, -0.05) is 48.5 Å². The highest BCUT2D eigenvalue weighted by atomic mass is 127. The maximum atomic E-state index is 13.3.